The summed E-state index contributed by atoms with van der Waals surface area (Å²) in [5, 5.41) is 9.44. The van der Waals surface area contributed by atoms with Crippen molar-refractivity contribution in [3.63, 3.8) is 0 Å². The summed E-state index contributed by atoms with van der Waals surface area (Å²) < 4.78 is 1.29. The van der Waals surface area contributed by atoms with Crippen molar-refractivity contribution in [3.8, 4) is 0 Å². The molecule has 0 radical (unpaired) electrons. The van der Waals surface area contributed by atoms with Crippen molar-refractivity contribution in [2.24, 2.45) is 5.10 Å². The maximum Gasteiger partial charge on any atom is 0.292 e. The number of hydrogen-bond donors (Lipinski definition) is 1. The molecule has 0 atom stereocenters. The quantitative estimate of drug-likeness (QED) is 0.567. The predicted molar refractivity (Wildman–Crippen MR) is 105 cm³/mol. The Morgan fingerprint density at radius 2 is 1.96 bits per heavy atom. The fraction of sp³-hybridized carbons (Fsp3) is 0.263. The Kier molecular flexibility index (Phi) is 4.99. The highest BCUT2D eigenvalue weighted by molar-refractivity contribution is 7.12. The van der Waals surface area contributed by atoms with Gasteiger partial charge in [0.15, 0.2) is 5.69 Å². The minimum atomic E-state index is -0.438. The molecule has 134 valence electrons. The highest BCUT2D eigenvalue weighted by Gasteiger charge is 2.16. The van der Waals surface area contributed by atoms with E-state index in [1.165, 1.54) is 9.56 Å². The number of nitrogens with one attached hydrogen (secondary N) is 1. The maximum absolute atomic E-state index is 12.7. The van der Waals surface area contributed by atoms with Gasteiger partial charge in [0.2, 0.25) is 0 Å². The number of carbonyl (C=O) groups excluding carboxylic acids is 1. The third-order valence-electron chi connectivity index (χ3n) is 4.14. The van der Waals surface area contributed by atoms with E-state index >= 15 is 0 Å². The van der Waals surface area contributed by atoms with Gasteiger partial charge in [-0.25, -0.2) is 10.1 Å². The van der Waals surface area contributed by atoms with Gasteiger partial charge in [0.25, 0.3) is 11.5 Å². The first kappa shape index (κ1) is 18.0. The summed E-state index contributed by atoms with van der Waals surface area (Å²) in [5.41, 5.74) is 4.31. The highest BCUT2D eigenvalue weighted by atomic mass is 32.1. The number of hydrazone groups is 1. The lowest BCUT2D eigenvalue weighted by Crippen LogP contribution is -2.28. The maximum atomic E-state index is 12.7. The number of rotatable bonds is 4. The van der Waals surface area contributed by atoms with E-state index in [1.807, 2.05) is 27.7 Å². The second kappa shape index (κ2) is 7.21. The van der Waals surface area contributed by atoms with E-state index in [1.54, 1.807) is 35.6 Å². The average Bonchev–Trinajstić information content (AvgIpc) is 2.98. The van der Waals surface area contributed by atoms with Gasteiger partial charge in [-0.2, -0.15) is 10.2 Å². The van der Waals surface area contributed by atoms with Crippen LogP contribution in [0.3, 0.4) is 0 Å². The fourth-order valence-corrected chi connectivity index (χ4v) is 3.83. The SMILES string of the molecule is CCn1nc(C(=O)N/N=C(/C)c2cc(C)sc2C)c2ccccc2c1=O. The topological polar surface area (TPSA) is 76.3 Å². The Bertz CT molecular complexity index is 1080. The molecule has 7 heteroatoms. The van der Waals surface area contributed by atoms with E-state index in [-0.39, 0.29) is 11.3 Å². The van der Waals surface area contributed by atoms with Crippen LogP contribution in [0.5, 0.6) is 0 Å². The number of aromatic nitrogens is 2. The predicted octanol–water partition coefficient (Wildman–Crippen LogP) is 3.25. The molecule has 0 aliphatic carbocycles. The zero-order valence-corrected chi connectivity index (χ0v) is 16.0. The van der Waals surface area contributed by atoms with Gasteiger partial charge in [-0.3, -0.25) is 9.59 Å². The van der Waals surface area contributed by atoms with Crippen LogP contribution < -0.4 is 11.0 Å². The second-order valence-corrected chi connectivity index (χ2v) is 7.44. The number of fused-ring (bicyclic) bond motifs is 1. The Morgan fingerprint density at radius 3 is 2.58 bits per heavy atom. The minimum absolute atomic E-state index is 0.192. The van der Waals surface area contributed by atoms with Gasteiger partial charge in [0.1, 0.15) is 0 Å². The summed E-state index contributed by atoms with van der Waals surface area (Å²) in [6.07, 6.45) is 0. The lowest BCUT2D eigenvalue weighted by Gasteiger charge is -2.08. The number of nitrogens with zero attached hydrogens (tertiary/aromatic N) is 3. The molecule has 2 heterocycles. The van der Waals surface area contributed by atoms with Gasteiger partial charge in [-0.15, -0.1) is 11.3 Å². The number of thiophene rings is 1. The largest absolute Gasteiger partial charge is 0.292 e. The molecule has 1 N–H and O–H groups in total. The molecular weight excluding hydrogens is 348 g/mol. The van der Waals surface area contributed by atoms with Gasteiger partial charge in [-0.1, -0.05) is 18.2 Å². The Balaban J connectivity index is 1.98. The lowest BCUT2D eigenvalue weighted by atomic mass is 10.1. The van der Waals surface area contributed by atoms with Crippen LogP contribution in [0.25, 0.3) is 10.8 Å². The number of carbonyl (C=O) groups is 1. The third-order valence-corrected chi connectivity index (χ3v) is 5.10. The van der Waals surface area contributed by atoms with Crippen LogP contribution in [0.2, 0.25) is 0 Å². The van der Waals surface area contributed by atoms with Crippen molar-refractivity contribution >= 4 is 33.7 Å². The first-order valence-corrected chi connectivity index (χ1v) is 9.16. The van der Waals surface area contributed by atoms with Crippen LogP contribution in [-0.4, -0.2) is 21.4 Å². The van der Waals surface area contributed by atoms with Gasteiger partial charge in [0.05, 0.1) is 11.1 Å². The summed E-state index contributed by atoms with van der Waals surface area (Å²) in [4.78, 5) is 27.4. The molecule has 0 saturated carbocycles. The number of aryl methyl sites for hydroxylation is 3. The van der Waals surface area contributed by atoms with Crippen molar-refractivity contribution in [3.05, 3.63) is 61.7 Å². The molecular formula is C19H20N4O2S. The molecule has 0 unspecified atom stereocenters. The van der Waals surface area contributed by atoms with E-state index in [4.69, 9.17) is 0 Å². The molecule has 0 spiro atoms. The molecule has 0 bridgehead atoms. The van der Waals surface area contributed by atoms with Gasteiger partial charge in [0, 0.05) is 27.2 Å². The van der Waals surface area contributed by atoms with Gasteiger partial charge < -0.3 is 0 Å². The van der Waals surface area contributed by atoms with E-state index in [0.29, 0.717) is 17.3 Å². The second-order valence-electron chi connectivity index (χ2n) is 5.98. The molecule has 3 aromatic rings. The number of amides is 1. The molecule has 3 rings (SSSR count). The zero-order chi connectivity index (χ0) is 18.8. The highest BCUT2D eigenvalue weighted by Crippen LogP contribution is 2.21. The van der Waals surface area contributed by atoms with Crippen LogP contribution in [0.4, 0.5) is 0 Å². The van der Waals surface area contributed by atoms with Crippen LogP contribution in [0.15, 0.2) is 40.2 Å². The van der Waals surface area contributed by atoms with Crippen molar-refractivity contribution in [2.45, 2.75) is 34.2 Å². The minimum Gasteiger partial charge on any atom is -0.267 e. The lowest BCUT2D eigenvalue weighted by molar-refractivity contribution is 0.0949. The van der Waals surface area contributed by atoms with Crippen LogP contribution in [0, 0.1) is 13.8 Å². The monoisotopic (exact) mass is 368 g/mol. The first-order chi connectivity index (χ1) is 12.4. The summed E-state index contributed by atoms with van der Waals surface area (Å²) >= 11 is 1.69. The summed E-state index contributed by atoms with van der Waals surface area (Å²) in [7, 11) is 0. The fourth-order valence-electron chi connectivity index (χ4n) is 2.85. The normalized spacial score (nSPS) is 11.8. The molecule has 0 fully saturated rings. The van der Waals surface area contributed by atoms with Crippen LogP contribution >= 0.6 is 11.3 Å². The molecule has 0 aliphatic heterocycles. The smallest absolute Gasteiger partial charge is 0.267 e. The van der Waals surface area contributed by atoms with E-state index in [9.17, 15) is 9.59 Å². The van der Waals surface area contributed by atoms with E-state index in [0.717, 1.165) is 16.2 Å². The molecule has 26 heavy (non-hydrogen) atoms. The molecule has 0 aliphatic rings. The Morgan fingerprint density at radius 1 is 1.27 bits per heavy atom. The average molecular weight is 368 g/mol. The summed E-state index contributed by atoms with van der Waals surface area (Å²) in [5.74, 6) is -0.438. The van der Waals surface area contributed by atoms with Crippen LogP contribution in [0.1, 0.15) is 39.7 Å². The standard InChI is InChI=1S/C19H20N4O2S/c1-5-23-19(25)15-9-7-6-8-14(15)17(22-23)18(24)21-20-12(3)16-10-11(2)26-13(16)4/h6-10H,5H2,1-4H3,(H,21,24)/b20-12-. The van der Waals surface area contributed by atoms with Gasteiger partial charge in [-0.05, 0) is 39.8 Å². The molecule has 6 nitrogen and oxygen atoms in total. The van der Waals surface area contributed by atoms with E-state index in [2.05, 4.69) is 21.7 Å². The molecule has 1 amide bonds. The molecule has 2 aromatic heterocycles. The van der Waals surface area contributed by atoms with Gasteiger partial charge >= 0.3 is 0 Å². The Labute approximate surface area is 155 Å². The first-order valence-electron chi connectivity index (χ1n) is 8.34. The zero-order valence-electron chi connectivity index (χ0n) is 15.2. The van der Waals surface area contributed by atoms with Crippen molar-refractivity contribution in [2.75, 3.05) is 0 Å². The molecule has 1 aromatic carbocycles. The summed E-state index contributed by atoms with van der Waals surface area (Å²) in [6.45, 7) is 8.12. The number of hydrogen-bond acceptors (Lipinski definition) is 5. The Hall–Kier alpha value is -2.80. The third kappa shape index (κ3) is 3.30. The van der Waals surface area contributed by atoms with Crippen LogP contribution in [-0.2, 0) is 6.54 Å². The van der Waals surface area contributed by atoms with E-state index < -0.39 is 5.91 Å². The van der Waals surface area contributed by atoms with Crippen molar-refractivity contribution in [1.82, 2.24) is 15.2 Å². The van der Waals surface area contributed by atoms with Crippen molar-refractivity contribution < 1.29 is 4.79 Å². The van der Waals surface area contributed by atoms with Crippen molar-refractivity contribution in [1.29, 1.82) is 0 Å². The molecule has 0 saturated heterocycles. The number of benzene rings is 1. The summed E-state index contributed by atoms with van der Waals surface area (Å²) in [6, 6.07) is 9.03.